The number of rotatable bonds is 6. The van der Waals surface area contributed by atoms with Crippen molar-refractivity contribution in [1.29, 1.82) is 5.26 Å². The zero-order chi connectivity index (χ0) is 25.9. The highest BCUT2D eigenvalue weighted by atomic mass is 35.5. The molecule has 1 aromatic heterocycles. The average molecular weight is 546 g/mol. The van der Waals surface area contributed by atoms with E-state index in [2.05, 4.69) is 10.4 Å². The molecule has 0 aliphatic carbocycles. The van der Waals surface area contributed by atoms with Gasteiger partial charge in [-0.1, -0.05) is 11.6 Å². The van der Waals surface area contributed by atoms with E-state index in [9.17, 15) is 22.4 Å². The van der Waals surface area contributed by atoms with E-state index in [0.717, 1.165) is 24.1 Å². The Morgan fingerprint density at radius 3 is 2.72 bits per heavy atom. The highest BCUT2D eigenvalue weighted by Crippen LogP contribution is 2.39. The van der Waals surface area contributed by atoms with Gasteiger partial charge < -0.3 is 10.1 Å². The number of piperidine rings is 1. The maximum atomic E-state index is 14.8. The predicted molar refractivity (Wildman–Crippen MR) is 128 cm³/mol. The van der Waals surface area contributed by atoms with Gasteiger partial charge in [-0.2, -0.15) is 23.5 Å². The van der Waals surface area contributed by atoms with Crippen molar-refractivity contribution in [3.05, 3.63) is 50.9 Å². The summed E-state index contributed by atoms with van der Waals surface area (Å²) in [5.41, 5.74) is -2.46. The molecule has 2 fully saturated rings. The van der Waals surface area contributed by atoms with E-state index in [-0.39, 0.29) is 40.4 Å². The molecular formula is C23H24ClF4N5O2S. The molecule has 7 nitrogen and oxygen atoms in total. The third-order valence-corrected chi connectivity index (χ3v) is 7.75. The quantitative estimate of drug-likeness (QED) is 0.401. The monoisotopic (exact) mass is 545 g/mol. The molecule has 2 aliphatic rings. The van der Waals surface area contributed by atoms with Crippen LogP contribution in [0.5, 0.6) is 0 Å². The van der Waals surface area contributed by atoms with Gasteiger partial charge in [0.05, 0.1) is 48.3 Å². The van der Waals surface area contributed by atoms with Gasteiger partial charge in [0.15, 0.2) is 5.67 Å². The van der Waals surface area contributed by atoms with Crippen LogP contribution in [0.1, 0.15) is 42.9 Å². The van der Waals surface area contributed by atoms with Crippen molar-refractivity contribution >= 4 is 29.2 Å². The maximum absolute atomic E-state index is 14.8. The number of nitrogens with one attached hydrogen (secondary N) is 1. The van der Waals surface area contributed by atoms with E-state index in [1.165, 1.54) is 16.9 Å². The third kappa shape index (κ3) is 6.14. The van der Waals surface area contributed by atoms with Crippen LogP contribution < -0.4 is 10.9 Å². The standard InChI is InChI=1S/C23H24ClF4N5O2S/c24-20-18(30-13-22(25)6-1-9-35-14-22)12-31-33(21(20)34)16-4-7-32(8-5-16)36-19-10-15(11-29)2-3-17(19)23(26,27)28/h2-3,10,12,16,30H,1,4-9,13-14H2/t22-/m0/s1. The minimum atomic E-state index is -4.54. The second kappa shape index (κ2) is 11.0. The average Bonchev–Trinajstić information content (AvgIpc) is 2.85. The summed E-state index contributed by atoms with van der Waals surface area (Å²) >= 11 is 7.22. The number of aromatic nitrogens is 2. The molecule has 1 atom stereocenters. The van der Waals surface area contributed by atoms with Crippen LogP contribution in [0.3, 0.4) is 0 Å². The Labute approximate surface area is 214 Å². The molecule has 0 saturated carbocycles. The molecule has 2 aromatic rings. The Bertz CT molecular complexity index is 1190. The van der Waals surface area contributed by atoms with Crippen LogP contribution in [0.2, 0.25) is 5.02 Å². The summed E-state index contributed by atoms with van der Waals surface area (Å²) in [7, 11) is 0. The minimum Gasteiger partial charge on any atom is -0.379 e. The van der Waals surface area contributed by atoms with Crippen LogP contribution in [0.4, 0.5) is 23.2 Å². The van der Waals surface area contributed by atoms with Gasteiger partial charge in [-0.05, 0) is 55.8 Å². The molecule has 1 N–H and O–H groups in total. The number of halogens is 5. The number of hydrogen-bond acceptors (Lipinski definition) is 7. The molecule has 3 heterocycles. The fourth-order valence-electron chi connectivity index (χ4n) is 4.26. The molecule has 0 amide bonds. The summed E-state index contributed by atoms with van der Waals surface area (Å²) < 4.78 is 63.3. The molecule has 194 valence electrons. The van der Waals surface area contributed by atoms with Crippen molar-refractivity contribution < 1.29 is 22.3 Å². The van der Waals surface area contributed by atoms with Crippen molar-refractivity contribution in [3.8, 4) is 6.07 Å². The first kappa shape index (κ1) is 26.7. The van der Waals surface area contributed by atoms with E-state index in [4.69, 9.17) is 21.6 Å². The zero-order valence-corrected chi connectivity index (χ0v) is 20.7. The van der Waals surface area contributed by atoms with Crippen molar-refractivity contribution in [2.75, 3.05) is 38.2 Å². The normalized spacial score (nSPS) is 21.8. The second-order valence-electron chi connectivity index (χ2n) is 8.85. The molecule has 2 saturated heterocycles. The minimum absolute atomic E-state index is 0.0238. The number of ether oxygens (including phenoxy) is 1. The first-order valence-electron chi connectivity index (χ1n) is 11.4. The lowest BCUT2D eigenvalue weighted by Crippen LogP contribution is -2.41. The number of nitriles is 1. The van der Waals surface area contributed by atoms with Crippen molar-refractivity contribution in [2.45, 2.75) is 48.5 Å². The molecule has 0 unspecified atom stereocenters. The van der Waals surface area contributed by atoms with Gasteiger partial charge in [0.1, 0.15) is 5.02 Å². The lowest BCUT2D eigenvalue weighted by Gasteiger charge is -2.32. The summed E-state index contributed by atoms with van der Waals surface area (Å²) in [6, 6.07) is 4.88. The Morgan fingerprint density at radius 1 is 1.33 bits per heavy atom. The summed E-state index contributed by atoms with van der Waals surface area (Å²) in [6.07, 6.45) is -1.25. The molecule has 2 aliphatic heterocycles. The Balaban J connectivity index is 1.40. The Kier molecular flexibility index (Phi) is 8.14. The van der Waals surface area contributed by atoms with Crippen LogP contribution in [0, 0.1) is 11.3 Å². The fraction of sp³-hybridized carbons (Fsp3) is 0.522. The van der Waals surface area contributed by atoms with Gasteiger partial charge in [-0.15, -0.1) is 0 Å². The molecule has 13 heteroatoms. The van der Waals surface area contributed by atoms with Crippen LogP contribution >= 0.6 is 23.5 Å². The van der Waals surface area contributed by atoms with Gasteiger partial charge in [-0.3, -0.25) is 4.79 Å². The zero-order valence-electron chi connectivity index (χ0n) is 19.2. The summed E-state index contributed by atoms with van der Waals surface area (Å²) in [4.78, 5) is 12.8. The van der Waals surface area contributed by atoms with E-state index in [1.54, 1.807) is 4.31 Å². The van der Waals surface area contributed by atoms with Crippen molar-refractivity contribution in [1.82, 2.24) is 14.1 Å². The second-order valence-corrected chi connectivity index (χ2v) is 10.4. The van der Waals surface area contributed by atoms with Crippen LogP contribution in [0.15, 0.2) is 34.1 Å². The third-order valence-electron chi connectivity index (χ3n) is 6.23. The maximum Gasteiger partial charge on any atom is 0.417 e. The molecule has 0 bridgehead atoms. The van der Waals surface area contributed by atoms with E-state index < -0.39 is 23.0 Å². The SMILES string of the molecule is N#Cc1ccc(C(F)(F)F)c(SN2CCC(n3ncc(NC[C@@]4(F)CCCOC4)c(Cl)c3=O)CC2)c1. The smallest absolute Gasteiger partial charge is 0.379 e. The fourth-order valence-corrected chi connectivity index (χ4v) is 5.59. The lowest BCUT2D eigenvalue weighted by atomic mass is 9.99. The Hall–Kier alpha value is -2.33. The molecule has 0 radical (unpaired) electrons. The van der Waals surface area contributed by atoms with Gasteiger partial charge in [0.25, 0.3) is 5.56 Å². The molecule has 36 heavy (non-hydrogen) atoms. The topological polar surface area (TPSA) is 83.2 Å². The number of hydrogen-bond donors (Lipinski definition) is 1. The molecule has 4 rings (SSSR count). The van der Waals surface area contributed by atoms with E-state index in [0.29, 0.717) is 45.4 Å². The van der Waals surface area contributed by atoms with Crippen LogP contribution in [0.25, 0.3) is 0 Å². The summed E-state index contributed by atoms with van der Waals surface area (Å²) in [6.45, 7) is 1.25. The van der Waals surface area contributed by atoms with Crippen molar-refractivity contribution in [3.63, 3.8) is 0 Å². The lowest BCUT2D eigenvalue weighted by molar-refractivity contribution is -0.139. The number of alkyl halides is 4. The summed E-state index contributed by atoms with van der Waals surface area (Å²) in [5, 5.41) is 16.1. The number of benzene rings is 1. The van der Waals surface area contributed by atoms with Crippen molar-refractivity contribution in [2.24, 2.45) is 0 Å². The molecule has 1 aromatic carbocycles. The van der Waals surface area contributed by atoms with Gasteiger partial charge in [0, 0.05) is 24.6 Å². The first-order valence-corrected chi connectivity index (χ1v) is 12.6. The van der Waals surface area contributed by atoms with E-state index >= 15 is 0 Å². The largest absolute Gasteiger partial charge is 0.417 e. The Morgan fingerprint density at radius 2 is 2.08 bits per heavy atom. The number of anilines is 1. The van der Waals surface area contributed by atoms with E-state index in [1.807, 2.05) is 6.07 Å². The van der Waals surface area contributed by atoms with Gasteiger partial charge in [-0.25, -0.2) is 13.4 Å². The molecular weight excluding hydrogens is 522 g/mol. The predicted octanol–water partition coefficient (Wildman–Crippen LogP) is 5.06. The number of nitrogens with zero attached hydrogens (tertiary/aromatic N) is 4. The molecule has 0 spiro atoms. The van der Waals surface area contributed by atoms with Crippen LogP contribution in [-0.4, -0.2) is 52.6 Å². The van der Waals surface area contributed by atoms with Gasteiger partial charge >= 0.3 is 6.18 Å². The highest BCUT2D eigenvalue weighted by molar-refractivity contribution is 7.97. The highest BCUT2D eigenvalue weighted by Gasteiger charge is 2.35. The first-order chi connectivity index (χ1) is 17.1. The van der Waals surface area contributed by atoms with Gasteiger partial charge in [0.2, 0.25) is 0 Å². The van der Waals surface area contributed by atoms with Crippen LogP contribution in [-0.2, 0) is 10.9 Å². The summed E-state index contributed by atoms with van der Waals surface area (Å²) in [5.74, 6) is 0.